The van der Waals surface area contributed by atoms with E-state index in [0.29, 0.717) is 11.3 Å². The Balaban J connectivity index is 2.07. The maximum atomic E-state index is 12.8. The van der Waals surface area contributed by atoms with E-state index < -0.39 is 5.97 Å². The van der Waals surface area contributed by atoms with Crippen molar-refractivity contribution in [3.63, 3.8) is 0 Å². The molecule has 120 valence electrons. The Labute approximate surface area is 140 Å². The molecule has 4 nitrogen and oxygen atoms in total. The zero-order chi connectivity index (χ0) is 16.9. The van der Waals surface area contributed by atoms with E-state index in [2.05, 4.69) is 5.32 Å². The Bertz CT molecular complexity index is 820. The topological polar surface area (TPSA) is 55.4 Å². The number of ketones is 1. The van der Waals surface area contributed by atoms with Gasteiger partial charge in [-0.15, -0.1) is 0 Å². The third-order valence-electron chi connectivity index (χ3n) is 3.66. The molecule has 0 spiro atoms. The van der Waals surface area contributed by atoms with Gasteiger partial charge in [-0.05, 0) is 18.1 Å². The number of hydrogen-bond donors (Lipinski definition) is 1. The van der Waals surface area contributed by atoms with Crippen LogP contribution >= 0.6 is 0 Å². The van der Waals surface area contributed by atoms with Gasteiger partial charge >= 0.3 is 5.97 Å². The van der Waals surface area contributed by atoms with Crippen molar-refractivity contribution in [1.82, 2.24) is 5.32 Å². The molecule has 0 amide bonds. The second-order valence-electron chi connectivity index (χ2n) is 5.25. The third kappa shape index (κ3) is 3.13. The van der Waals surface area contributed by atoms with Gasteiger partial charge in [-0.3, -0.25) is 4.79 Å². The van der Waals surface area contributed by atoms with E-state index in [9.17, 15) is 9.59 Å². The van der Waals surface area contributed by atoms with Gasteiger partial charge < -0.3 is 10.1 Å². The summed E-state index contributed by atoms with van der Waals surface area (Å²) in [4.78, 5) is 24.6. The van der Waals surface area contributed by atoms with Gasteiger partial charge in [0.1, 0.15) is 0 Å². The van der Waals surface area contributed by atoms with Crippen LogP contribution in [0.15, 0.2) is 72.4 Å². The fraction of sp³-hybridized carbons (Fsp3) is 0.100. The summed E-state index contributed by atoms with van der Waals surface area (Å²) in [5.41, 5.74) is 3.17. The van der Waals surface area contributed by atoms with Gasteiger partial charge in [0, 0.05) is 0 Å². The molecule has 2 aromatic carbocycles. The van der Waals surface area contributed by atoms with Crippen molar-refractivity contribution >= 4 is 23.0 Å². The zero-order valence-corrected chi connectivity index (χ0v) is 13.3. The first-order valence-electron chi connectivity index (χ1n) is 7.76. The molecule has 2 aromatic rings. The summed E-state index contributed by atoms with van der Waals surface area (Å²) in [5.74, 6) is -0.747. The predicted molar refractivity (Wildman–Crippen MR) is 92.6 cm³/mol. The van der Waals surface area contributed by atoms with E-state index in [-0.39, 0.29) is 18.1 Å². The largest absolute Gasteiger partial charge is 0.463 e. The van der Waals surface area contributed by atoms with Gasteiger partial charge in [0.25, 0.3) is 0 Å². The van der Waals surface area contributed by atoms with Crippen molar-refractivity contribution in [3.8, 4) is 0 Å². The van der Waals surface area contributed by atoms with Gasteiger partial charge in [0.2, 0.25) is 5.78 Å². The van der Waals surface area contributed by atoms with Crippen molar-refractivity contribution in [2.75, 3.05) is 6.61 Å². The van der Waals surface area contributed by atoms with Crippen molar-refractivity contribution < 1.29 is 14.3 Å². The minimum atomic E-state index is -0.532. The van der Waals surface area contributed by atoms with Crippen LogP contribution in [0.25, 0.3) is 11.3 Å². The standard InChI is InChI=1S/C20H17NO3/c1-2-24-17(22)13-16-20(23)18(14-9-5-3-6-10-14)19(21-16)15-11-7-4-8-12-15/h3-13,21H,2H2,1H3. The van der Waals surface area contributed by atoms with Crippen LogP contribution in [0.1, 0.15) is 18.1 Å². The molecule has 0 radical (unpaired) electrons. The molecule has 1 N–H and O–H groups in total. The van der Waals surface area contributed by atoms with E-state index in [1.807, 2.05) is 60.7 Å². The van der Waals surface area contributed by atoms with Crippen LogP contribution in [0.3, 0.4) is 0 Å². The first kappa shape index (κ1) is 15.7. The summed E-state index contributed by atoms with van der Waals surface area (Å²) in [5, 5.41) is 3.09. The smallest absolute Gasteiger partial charge is 0.332 e. The lowest BCUT2D eigenvalue weighted by Crippen LogP contribution is -2.13. The summed E-state index contributed by atoms with van der Waals surface area (Å²) >= 11 is 0. The minimum absolute atomic E-state index is 0.215. The monoisotopic (exact) mass is 319 g/mol. The molecule has 0 bridgehead atoms. The Morgan fingerprint density at radius 3 is 2.17 bits per heavy atom. The van der Waals surface area contributed by atoms with Crippen LogP contribution in [0.5, 0.6) is 0 Å². The van der Waals surface area contributed by atoms with Crippen LogP contribution in [0, 0.1) is 0 Å². The normalized spacial score (nSPS) is 15.5. The fourth-order valence-electron chi connectivity index (χ4n) is 2.61. The summed E-state index contributed by atoms with van der Waals surface area (Å²) in [6.07, 6.45) is 1.21. The molecule has 1 heterocycles. The molecule has 24 heavy (non-hydrogen) atoms. The molecule has 0 saturated heterocycles. The molecule has 1 aliphatic heterocycles. The van der Waals surface area contributed by atoms with Gasteiger partial charge in [0.05, 0.1) is 29.7 Å². The molecule has 0 atom stereocenters. The lowest BCUT2D eigenvalue weighted by Gasteiger charge is -2.06. The summed E-state index contributed by atoms with van der Waals surface area (Å²) in [7, 11) is 0. The summed E-state index contributed by atoms with van der Waals surface area (Å²) in [6.45, 7) is 1.99. The maximum Gasteiger partial charge on any atom is 0.332 e. The number of carbonyl (C=O) groups is 2. The summed E-state index contributed by atoms with van der Waals surface area (Å²) < 4.78 is 4.91. The second kappa shape index (κ2) is 6.96. The molecule has 0 aliphatic carbocycles. The number of esters is 1. The van der Waals surface area contributed by atoms with Crippen molar-refractivity contribution in [3.05, 3.63) is 83.6 Å². The lowest BCUT2D eigenvalue weighted by atomic mass is 9.98. The van der Waals surface area contributed by atoms with Crippen LogP contribution in [0.4, 0.5) is 0 Å². The van der Waals surface area contributed by atoms with E-state index in [1.165, 1.54) is 6.08 Å². The van der Waals surface area contributed by atoms with Crippen LogP contribution in [-0.4, -0.2) is 18.4 Å². The van der Waals surface area contributed by atoms with Crippen LogP contribution in [0.2, 0.25) is 0 Å². The molecular weight excluding hydrogens is 302 g/mol. The van der Waals surface area contributed by atoms with Crippen LogP contribution < -0.4 is 5.32 Å². The lowest BCUT2D eigenvalue weighted by molar-refractivity contribution is -0.137. The zero-order valence-electron chi connectivity index (χ0n) is 13.3. The SMILES string of the molecule is CCOC(=O)C=C1NC(c2ccccc2)=C(c2ccccc2)C1=O. The number of ether oxygens (including phenoxy) is 1. The molecule has 1 aliphatic rings. The predicted octanol–water partition coefficient (Wildman–Crippen LogP) is 3.17. The Hall–Kier alpha value is -3.14. The highest BCUT2D eigenvalue weighted by atomic mass is 16.5. The number of hydrogen-bond acceptors (Lipinski definition) is 4. The number of Topliss-reactive ketones (excluding diaryl/α,β-unsaturated/α-hetero) is 1. The molecule has 0 fully saturated rings. The van der Waals surface area contributed by atoms with Gasteiger partial charge in [0.15, 0.2) is 0 Å². The quantitative estimate of drug-likeness (QED) is 0.695. The van der Waals surface area contributed by atoms with E-state index >= 15 is 0 Å². The number of nitrogens with one attached hydrogen (secondary N) is 1. The van der Waals surface area contributed by atoms with Crippen LogP contribution in [-0.2, 0) is 14.3 Å². The van der Waals surface area contributed by atoms with Gasteiger partial charge in [-0.25, -0.2) is 4.79 Å². The first-order valence-corrected chi connectivity index (χ1v) is 7.76. The maximum absolute atomic E-state index is 12.8. The molecular formula is C20H17NO3. The van der Waals surface area contributed by atoms with E-state index in [0.717, 1.165) is 11.1 Å². The number of benzene rings is 2. The molecule has 0 aromatic heterocycles. The average molecular weight is 319 g/mol. The van der Waals surface area contributed by atoms with Gasteiger partial charge in [-0.1, -0.05) is 60.7 Å². The third-order valence-corrected chi connectivity index (χ3v) is 3.66. The average Bonchev–Trinajstić information content (AvgIpc) is 2.93. The molecule has 0 saturated carbocycles. The highest BCUT2D eigenvalue weighted by Crippen LogP contribution is 2.33. The van der Waals surface area contributed by atoms with Crippen molar-refractivity contribution in [1.29, 1.82) is 0 Å². The fourth-order valence-corrected chi connectivity index (χ4v) is 2.61. The number of allylic oxidation sites excluding steroid dienone is 1. The first-order chi connectivity index (χ1) is 11.7. The van der Waals surface area contributed by atoms with Crippen molar-refractivity contribution in [2.24, 2.45) is 0 Å². The van der Waals surface area contributed by atoms with Gasteiger partial charge in [-0.2, -0.15) is 0 Å². The summed E-state index contributed by atoms with van der Waals surface area (Å²) in [6, 6.07) is 19.0. The highest BCUT2D eigenvalue weighted by Gasteiger charge is 2.30. The minimum Gasteiger partial charge on any atom is -0.463 e. The molecule has 0 unspecified atom stereocenters. The Kier molecular flexibility index (Phi) is 4.57. The van der Waals surface area contributed by atoms with E-state index in [1.54, 1.807) is 6.92 Å². The number of rotatable bonds is 4. The Morgan fingerprint density at radius 2 is 1.58 bits per heavy atom. The molecule has 4 heteroatoms. The van der Waals surface area contributed by atoms with Crippen molar-refractivity contribution in [2.45, 2.75) is 6.92 Å². The molecule has 3 rings (SSSR count). The Morgan fingerprint density at radius 1 is 1.00 bits per heavy atom. The van der Waals surface area contributed by atoms with E-state index in [4.69, 9.17) is 4.74 Å². The second-order valence-corrected chi connectivity index (χ2v) is 5.25. The highest BCUT2D eigenvalue weighted by molar-refractivity contribution is 6.38. The number of carbonyl (C=O) groups excluding carboxylic acids is 2.